The van der Waals surface area contributed by atoms with Crippen LogP contribution in [0.4, 0.5) is 0 Å². The predicted octanol–water partition coefficient (Wildman–Crippen LogP) is 15.5. The lowest BCUT2D eigenvalue weighted by atomic mass is 9.94. The zero-order valence-corrected chi connectivity index (χ0v) is 35.6. The van der Waals surface area contributed by atoms with E-state index in [2.05, 4.69) is 228 Å². The Balaban J connectivity index is 1.01. The van der Waals surface area contributed by atoms with E-state index in [0.29, 0.717) is 17.5 Å². The number of para-hydroxylation sites is 4. The molecule has 14 rings (SSSR count). The molecule has 5 nitrogen and oxygen atoms in total. The molecule has 0 fully saturated rings. The van der Waals surface area contributed by atoms with E-state index in [1.54, 1.807) is 0 Å². The zero-order chi connectivity index (χ0) is 43.3. The summed E-state index contributed by atoms with van der Waals surface area (Å²) in [6, 6.07) is 80.4. The third-order valence-electron chi connectivity index (χ3n) is 13.5. The Bertz CT molecular complexity index is 4100. The lowest BCUT2D eigenvalue weighted by Crippen LogP contribution is -2.03. The number of fused-ring (bicyclic) bond motifs is 12. The van der Waals surface area contributed by atoms with E-state index in [1.165, 1.54) is 65.9 Å². The molecule has 0 aliphatic carbocycles. The van der Waals surface area contributed by atoms with E-state index in [0.717, 1.165) is 49.9 Å². The average Bonchev–Trinajstić information content (AvgIpc) is 3.85. The first-order chi connectivity index (χ1) is 32.7. The van der Waals surface area contributed by atoms with Gasteiger partial charge in [0.2, 0.25) is 0 Å². The molecule has 10 aromatic carbocycles. The first-order valence-electron chi connectivity index (χ1n) is 22.4. The first-order valence-corrected chi connectivity index (χ1v) is 22.4. The maximum absolute atomic E-state index is 5.33. The molecule has 0 radical (unpaired) electrons. The number of hydrogen-bond acceptors (Lipinski definition) is 3. The Morgan fingerprint density at radius 2 is 0.773 bits per heavy atom. The van der Waals surface area contributed by atoms with Crippen molar-refractivity contribution < 1.29 is 0 Å². The van der Waals surface area contributed by atoms with Gasteiger partial charge in [-0.05, 0) is 75.5 Å². The summed E-state index contributed by atoms with van der Waals surface area (Å²) in [5.41, 5.74) is 16.9. The van der Waals surface area contributed by atoms with Crippen LogP contribution in [0, 0.1) is 0 Å². The molecule has 3 aromatic heterocycles. The molecule has 0 saturated carbocycles. The molecular weight excluding hydrogens is 803 g/mol. The summed E-state index contributed by atoms with van der Waals surface area (Å²) in [5.74, 6) is 1.85. The van der Waals surface area contributed by atoms with Gasteiger partial charge in [-0.2, -0.15) is 0 Å². The topological polar surface area (TPSA) is 48.5 Å². The van der Waals surface area contributed by atoms with Crippen LogP contribution in [0.15, 0.2) is 224 Å². The summed E-state index contributed by atoms with van der Waals surface area (Å²) in [6.45, 7) is 0. The molecule has 5 heteroatoms. The molecule has 306 valence electrons. The molecule has 13 aromatic rings. The average molecular weight is 840 g/mol. The number of benzene rings is 10. The van der Waals surface area contributed by atoms with E-state index < -0.39 is 0 Å². The summed E-state index contributed by atoms with van der Waals surface area (Å²) < 4.78 is 4.91. The summed E-state index contributed by atoms with van der Waals surface area (Å²) >= 11 is 0. The van der Waals surface area contributed by atoms with Gasteiger partial charge < -0.3 is 9.13 Å². The molecule has 0 spiro atoms. The largest absolute Gasteiger partial charge is 0.308 e. The van der Waals surface area contributed by atoms with Crippen molar-refractivity contribution in [3.8, 4) is 78.9 Å². The summed E-state index contributed by atoms with van der Waals surface area (Å²) in [7, 11) is 0. The molecule has 0 amide bonds. The predicted molar refractivity (Wildman–Crippen MR) is 272 cm³/mol. The molecule has 0 atom stereocenters. The van der Waals surface area contributed by atoms with Crippen molar-refractivity contribution in [2.45, 2.75) is 0 Å². The SMILES string of the molecule is c1ccc(-c2ccc(-c3nc(-c4ccc5ccccc5c4)nc(-c4ccccc4-n4c5ccccc5c5cc6c(cc54)c4cccc5c4n6-c4ccccc4-c4ccccc4-5)n3)cc2)cc1. The van der Waals surface area contributed by atoms with Gasteiger partial charge >= 0.3 is 0 Å². The second kappa shape index (κ2) is 14.3. The van der Waals surface area contributed by atoms with Crippen LogP contribution in [0.3, 0.4) is 0 Å². The summed E-state index contributed by atoms with van der Waals surface area (Å²) in [4.78, 5) is 15.9. The number of rotatable bonds is 5. The monoisotopic (exact) mass is 839 g/mol. The van der Waals surface area contributed by atoms with E-state index in [1.807, 2.05) is 6.07 Å². The highest BCUT2D eigenvalue weighted by Gasteiger charge is 2.26. The molecule has 0 saturated heterocycles. The number of aromatic nitrogens is 5. The van der Waals surface area contributed by atoms with Gasteiger partial charge in [-0.1, -0.05) is 182 Å². The summed E-state index contributed by atoms with van der Waals surface area (Å²) in [6.07, 6.45) is 0. The van der Waals surface area contributed by atoms with Gasteiger partial charge in [0.05, 0.1) is 33.4 Å². The second-order valence-electron chi connectivity index (χ2n) is 17.2. The van der Waals surface area contributed by atoms with Crippen molar-refractivity contribution in [3.05, 3.63) is 224 Å². The standard InChI is InChI=1S/C61H37N5/c1-2-15-38(16-3-1)40-29-32-41(33-30-40)59-62-60(43-34-31-39-17-4-5-18-42(39)35-43)64-61(63-59)50-23-10-13-28-55(50)65-53-26-11-9-22-47(53)51-36-57-52(37-56(51)65)49-25-14-24-48-45-20-7-6-19-44(45)46-21-8-12-27-54(46)66(57)58(48)49/h1-37H. The van der Waals surface area contributed by atoms with Crippen LogP contribution in [-0.2, 0) is 0 Å². The molecule has 0 N–H and O–H groups in total. The van der Waals surface area contributed by atoms with Crippen LogP contribution in [0.2, 0.25) is 0 Å². The summed E-state index contributed by atoms with van der Waals surface area (Å²) in [5, 5.41) is 7.09. The van der Waals surface area contributed by atoms with Crippen molar-refractivity contribution in [1.29, 1.82) is 0 Å². The van der Waals surface area contributed by atoms with Gasteiger partial charge in [0.1, 0.15) is 0 Å². The molecule has 0 bridgehead atoms. The van der Waals surface area contributed by atoms with Crippen LogP contribution in [-0.4, -0.2) is 24.1 Å². The van der Waals surface area contributed by atoms with Gasteiger partial charge in [-0.15, -0.1) is 0 Å². The zero-order valence-electron chi connectivity index (χ0n) is 35.6. The third-order valence-corrected chi connectivity index (χ3v) is 13.5. The van der Waals surface area contributed by atoms with Gasteiger partial charge in [0.15, 0.2) is 17.5 Å². The fourth-order valence-electron chi connectivity index (χ4n) is 10.5. The lowest BCUT2D eigenvalue weighted by Gasteiger charge is -2.15. The van der Waals surface area contributed by atoms with Gasteiger partial charge in [-0.3, -0.25) is 0 Å². The van der Waals surface area contributed by atoms with E-state index in [4.69, 9.17) is 15.0 Å². The molecule has 1 aliphatic rings. The second-order valence-corrected chi connectivity index (χ2v) is 17.2. The van der Waals surface area contributed by atoms with Gasteiger partial charge in [0, 0.05) is 49.4 Å². The fraction of sp³-hybridized carbons (Fsp3) is 0. The number of hydrogen-bond donors (Lipinski definition) is 0. The minimum absolute atomic E-state index is 0.608. The van der Waals surface area contributed by atoms with Crippen LogP contribution < -0.4 is 0 Å². The van der Waals surface area contributed by atoms with E-state index in [9.17, 15) is 0 Å². The molecule has 1 aliphatic heterocycles. The van der Waals surface area contributed by atoms with Crippen molar-refractivity contribution in [2.75, 3.05) is 0 Å². The van der Waals surface area contributed by atoms with Crippen LogP contribution in [0.25, 0.3) is 133 Å². The van der Waals surface area contributed by atoms with Gasteiger partial charge in [0.25, 0.3) is 0 Å². The Morgan fingerprint density at radius 3 is 1.58 bits per heavy atom. The lowest BCUT2D eigenvalue weighted by molar-refractivity contribution is 1.06. The van der Waals surface area contributed by atoms with E-state index >= 15 is 0 Å². The Morgan fingerprint density at radius 1 is 0.258 bits per heavy atom. The van der Waals surface area contributed by atoms with Crippen molar-refractivity contribution in [1.82, 2.24) is 24.1 Å². The maximum Gasteiger partial charge on any atom is 0.166 e. The normalized spacial score (nSPS) is 11.9. The van der Waals surface area contributed by atoms with Crippen molar-refractivity contribution in [3.63, 3.8) is 0 Å². The van der Waals surface area contributed by atoms with E-state index in [-0.39, 0.29) is 0 Å². The minimum atomic E-state index is 0.608. The highest BCUT2D eigenvalue weighted by molar-refractivity contribution is 6.22. The molecular formula is C61H37N5. The van der Waals surface area contributed by atoms with Gasteiger partial charge in [-0.25, -0.2) is 15.0 Å². The minimum Gasteiger partial charge on any atom is -0.308 e. The smallest absolute Gasteiger partial charge is 0.166 e. The highest BCUT2D eigenvalue weighted by Crippen LogP contribution is 2.48. The highest BCUT2D eigenvalue weighted by atomic mass is 15.1. The van der Waals surface area contributed by atoms with Crippen LogP contribution in [0.1, 0.15) is 0 Å². The third kappa shape index (κ3) is 5.50. The fourth-order valence-corrected chi connectivity index (χ4v) is 10.5. The van der Waals surface area contributed by atoms with Crippen LogP contribution in [0.5, 0.6) is 0 Å². The maximum atomic E-state index is 5.33. The Labute approximate surface area is 380 Å². The van der Waals surface area contributed by atoms with Crippen LogP contribution >= 0.6 is 0 Å². The number of nitrogens with zero attached hydrogens (tertiary/aromatic N) is 5. The molecule has 4 heterocycles. The molecule has 66 heavy (non-hydrogen) atoms. The first kappa shape index (κ1) is 36.5. The quantitative estimate of drug-likeness (QED) is 0.173. The van der Waals surface area contributed by atoms with Crippen molar-refractivity contribution >= 4 is 54.4 Å². The Hall–Kier alpha value is -8.93. The Kier molecular flexibility index (Phi) is 7.91. The van der Waals surface area contributed by atoms with Crippen molar-refractivity contribution in [2.24, 2.45) is 0 Å². The molecule has 0 unspecified atom stereocenters.